The van der Waals surface area contributed by atoms with E-state index in [2.05, 4.69) is 14.7 Å². The summed E-state index contributed by atoms with van der Waals surface area (Å²) in [7, 11) is 1.35. The Morgan fingerprint density at radius 3 is 2.77 bits per heavy atom. The summed E-state index contributed by atoms with van der Waals surface area (Å²) in [6.45, 7) is 0.532. The van der Waals surface area contributed by atoms with E-state index in [4.69, 9.17) is 0 Å². The van der Waals surface area contributed by atoms with E-state index in [0.717, 1.165) is 5.56 Å². The van der Waals surface area contributed by atoms with Crippen molar-refractivity contribution < 1.29 is 9.53 Å². The van der Waals surface area contributed by atoms with Crippen LogP contribution in [0.15, 0.2) is 47.7 Å². The fourth-order valence-electron chi connectivity index (χ4n) is 2.31. The molecule has 2 heterocycles. The van der Waals surface area contributed by atoms with Crippen LogP contribution < -0.4 is 5.56 Å². The van der Waals surface area contributed by atoms with E-state index in [1.54, 1.807) is 35.3 Å². The molecule has 3 aromatic rings. The first-order valence-electron chi connectivity index (χ1n) is 6.89. The first-order valence-corrected chi connectivity index (χ1v) is 6.89. The predicted molar refractivity (Wildman–Crippen MR) is 81.8 cm³/mol. The smallest absolute Gasteiger partial charge is 0.337 e. The van der Waals surface area contributed by atoms with Gasteiger partial charge in [-0.1, -0.05) is 12.1 Å². The SMILES string of the molecule is COC(=O)c1ccc(CCn2cnc3[nH]ccc3c2=O)cc1. The van der Waals surface area contributed by atoms with Crippen molar-refractivity contribution >= 4 is 17.0 Å². The third-order valence-corrected chi connectivity index (χ3v) is 3.56. The van der Waals surface area contributed by atoms with Gasteiger partial charge in [0.1, 0.15) is 5.65 Å². The summed E-state index contributed by atoms with van der Waals surface area (Å²) >= 11 is 0. The van der Waals surface area contributed by atoms with Crippen LogP contribution in [0.1, 0.15) is 15.9 Å². The lowest BCUT2D eigenvalue weighted by molar-refractivity contribution is 0.0600. The number of hydrogen-bond acceptors (Lipinski definition) is 4. The highest BCUT2D eigenvalue weighted by Gasteiger charge is 2.06. The molecule has 0 fully saturated rings. The molecule has 0 aliphatic rings. The molecule has 22 heavy (non-hydrogen) atoms. The van der Waals surface area contributed by atoms with Crippen molar-refractivity contribution in [2.75, 3.05) is 7.11 Å². The summed E-state index contributed by atoms with van der Waals surface area (Å²) in [5, 5.41) is 0.587. The van der Waals surface area contributed by atoms with Crippen molar-refractivity contribution in [1.29, 1.82) is 0 Å². The van der Waals surface area contributed by atoms with Crippen LogP contribution in [0.5, 0.6) is 0 Å². The van der Waals surface area contributed by atoms with Crippen molar-refractivity contribution in [2.45, 2.75) is 13.0 Å². The predicted octanol–water partition coefficient (Wildman–Crippen LogP) is 1.75. The van der Waals surface area contributed by atoms with Gasteiger partial charge in [-0.3, -0.25) is 9.36 Å². The molecule has 0 aliphatic carbocycles. The van der Waals surface area contributed by atoms with Crippen LogP contribution >= 0.6 is 0 Å². The largest absolute Gasteiger partial charge is 0.465 e. The molecule has 1 aromatic carbocycles. The van der Waals surface area contributed by atoms with E-state index in [9.17, 15) is 9.59 Å². The zero-order valence-corrected chi connectivity index (χ0v) is 12.1. The first kappa shape index (κ1) is 14.1. The van der Waals surface area contributed by atoms with Gasteiger partial charge in [0.25, 0.3) is 5.56 Å². The Balaban J connectivity index is 1.75. The average Bonchev–Trinajstić information content (AvgIpc) is 3.03. The van der Waals surface area contributed by atoms with Crippen molar-refractivity contribution in [3.8, 4) is 0 Å². The standard InChI is InChI=1S/C16H15N3O3/c1-22-16(21)12-4-2-11(3-5-12)7-9-19-10-18-14-13(15(19)20)6-8-17-14/h2-6,8,10,17H,7,9H2,1H3. The number of esters is 1. The molecule has 0 unspecified atom stereocenters. The van der Waals surface area contributed by atoms with Crippen molar-refractivity contribution in [1.82, 2.24) is 14.5 Å². The summed E-state index contributed by atoms with van der Waals surface area (Å²) < 4.78 is 6.25. The van der Waals surface area contributed by atoms with Gasteiger partial charge in [-0.25, -0.2) is 9.78 Å². The number of ether oxygens (including phenoxy) is 1. The number of carbonyl (C=O) groups is 1. The molecule has 2 aromatic heterocycles. The second kappa shape index (κ2) is 5.85. The number of hydrogen-bond donors (Lipinski definition) is 1. The summed E-state index contributed by atoms with van der Waals surface area (Å²) in [6, 6.07) is 8.89. The molecule has 1 N–H and O–H groups in total. The Bertz CT molecular complexity index is 862. The number of carbonyl (C=O) groups excluding carboxylic acids is 1. The Morgan fingerprint density at radius 1 is 1.27 bits per heavy atom. The van der Waals surface area contributed by atoms with E-state index in [1.165, 1.54) is 7.11 Å². The lowest BCUT2D eigenvalue weighted by Crippen LogP contribution is -2.21. The minimum Gasteiger partial charge on any atom is -0.465 e. The maximum atomic E-state index is 12.2. The molecule has 0 radical (unpaired) electrons. The Labute approximate surface area is 126 Å². The Morgan fingerprint density at radius 2 is 2.05 bits per heavy atom. The van der Waals surface area contributed by atoms with Crippen LogP contribution in [0.25, 0.3) is 11.0 Å². The summed E-state index contributed by atoms with van der Waals surface area (Å²) in [6.07, 6.45) is 3.93. The number of fused-ring (bicyclic) bond motifs is 1. The number of nitrogens with zero attached hydrogens (tertiary/aromatic N) is 2. The highest BCUT2D eigenvalue weighted by molar-refractivity contribution is 5.89. The van der Waals surface area contributed by atoms with Gasteiger partial charge >= 0.3 is 5.97 Å². The molecule has 0 aliphatic heterocycles. The van der Waals surface area contributed by atoms with E-state index < -0.39 is 0 Å². The normalized spacial score (nSPS) is 10.8. The third-order valence-electron chi connectivity index (χ3n) is 3.56. The average molecular weight is 297 g/mol. The molecule has 0 saturated heterocycles. The summed E-state index contributed by atoms with van der Waals surface area (Å²) in [5.41, 5.74) is 2.09. The number of nitrogens with one attached hydrogen (secondary N) is 1. The molecule has 0 saturated carbocycles. The molecule has 0 bridgehead atoms. The van der Waals surface area contributed by atoms with Crippen LogP contribution in [0, 0.1) is 0 Å². The number of aryl methyl sites for hydroxylation is 2. The monoisotopic (exact) mass is 297 g/mol. The molecule has 6 nitrogen and oxygen atoms in total. The van der Waals surface area contributed by atoms with E-state index in [1.807, 2.05) is 12.1 Å². The fraction of sp³-hybridized carbons (Fsp3) is 0.188. The maximum Gasteiger partial charge on any atom is 0.337 e. The van der Waals surface area contributed by atoms with Crippen LogP contribution in [-0.2, 0) is 17.7 Å². The van der Waals surface area contributed by atoms with E-state index in [-0.39, 0.29) is 11.5 Å². The minimum atomic E-state index is -0.357. The molecule has 0 atom stereocenters. The number of H-pyrrole nitrogens is 1. The highest BCUT2D eigenvalue weighted by Crippen LogP contribution is 2.08. The second-order valence-corrected chi connectivity index (χ2v) is 4.92. The van der Waals surface area contributed by atoms with Gasteiger partial charge in [0.15, 0.2) is 0 Å². The van der Waals surface area contributed by atoms with Crippen LogP contribution in [0.3, 0.4) is 0 Å². The van der Waals surface area contributed by atoms with Gasteiger partial charge in [0, 0.05) is 12.7 Å². The number of aromatic nitrogens is 3. The third kappa shape index (κ3) is 2.63. The zero-order valence-electron chi connectivity index (χ0n) is 12.1. The molecule has 6 heteroatoms. The number of methoxy groups -OCH3 is 1. The van der Waals surface area contributed by atoms with Gasteiger partial charge in [-0.05, 0) is 30.2 Å². The van der Waals surface area contributed by atoms with Crippen molar-refractivity contribution in [2.24, 2.45) is 0 Å². The van der Waals surface area contributed by atoms with Crippen LogP contribution in [0.4, 0.5) is 0 Å². The highest BCUT2D eigenvalue weighted by atomic mass is 16.5. The summed E-state index contributed by atoms with van der Waals surface area (Å²) in [5.74, 6) is -0.357. The zero-order chi connectivity index (χ0) is 15.5. The Hall–Kier alpha value is -2.89. The topological polar surface area (TPSA) is 77.0 Å². The lowest BCUT2D eigenvalue weighted by Gasteiger charge is -2.06. The van der Waals surface area contributed by atoms with E-state index >= 15 is 0 Å². The van der Waals surface area contributed by atoms with Gasteiger partial charge in [-0.15, -0.1) is 0 Å². The number of aromatic amines is 1. The molecule has 3 rings (SSSR count). The Kier molecular flexibility index (Phi) is 3.74. The molecular weight excluding hydrogens is 282 g/mol. The number of rotatable bonds is 4. The fourth-order valence-corrected chi connectivity index (χ4v) is 2.31. The molecule has 0 spiro atoms. The van der Waals surface area contributed by atoms with Gasteiger partial charge in [-0.2, -0.15) is 0 Å². The lowest BCUT2D eigenvalue weighted by atomic mass is 10.1. The number of benzene rings is 1. The van der Waals surface area contributed by atoms with Crippen LogP contribution in [0.2, 0.25) is 0 Å². The van der Waals surface area contributed by atoms with Gasteiger partial charge in [0.2, 0.25) is 0 Å². The summed E-state index contributed by atoms with van der Waals surface area (Å²) in [4.78, 5) is 30.7. The van der Waals surface area contributed by atoms with Gasteiger partial charge in [0.05, 0.1) is 24.4 Å². The van der Waals surface area contributed by atoms with Gasteiger partial charge < -0.3 is 9.72 Å². The molecular formula is C16H15N3O3. The van der Waals surface area contributed by atoms with E-state index in [0.29, 0.717) is 29.6 Å². The first-order chi connectivity index (χ1) is 10.7. The molecule has 0 amide bonds. The second-order valence-electron chi connectivity index (χ2n) is 4.92. The van der Waals surface area contributed by atoms with Crippen LogP contribution in [-0.4, -0.2) is 27.6 Å². The quantitative estimate of drug-likeness (QED) is 0.744. The van der Waals surface area contributed by atoms with Crippen molar-refractivity contribution in [3.05, 3.63) is 64.3 Å². The maximum absolute atomic E-state index is 12.2. The van der Waals surface area contributed by atoms with Crippen molar-refractivity contribution in [3.63, 3.8) is 0 Å². The minimum absolute atomic E-state index is 0.0579. The molecule has 112 valence electrons.